The van der Waals surface area contributed by atoms with Gasteiger partial charge in [-0.15, -0.1) is 0 Å². The summed E-state index contributed by atoms with van der Waals surface area (Å²) < 4.78 is 0. The molecule has 0 saturated heterocycles. The molecule has 0 fully saturated rings. The first kappa shape index (κ1) is 16.0. The van der Waals surface area contributed by atoms with Gasteiger partial charge in [0.25, 0.3) is 0 Å². The number of hydrogen-bond acceptors (Lipinski definition) is 3. The van der Waals surface area contributed by atoms with E-state index in [0.717, 1.165) is 18.7 Å². The first-order valence-electron chi connectivity index (χ1n) is 6.45. The zero-order chi connectivity index (χ0) is 14.1. The van der Waals surface area contributed by atoms with Crippen LogP contribution in [0, 0.1) is 0 Å². The molecular formula is C14H22ClN3O. The minimum atomic E-state index is 0.0391. The molecule has 0 aliphatic rings. The zero-order valence-corrected chi connectivity index (χ0v) is 12.3. The van der Waals surface area contributed by atoms with Gasteiger partial charge in [0.2, 0.25) is 5.91 Å². The highest BCUT2D eigenvalue weighted by Crippen LogP contribution is 2.14. The van der Waals surface area contributed by atoms with Crippen molar-refractivity contribution in [3.05, 3.63) is 34.9 Å². The molecular weight excluding hydrogens is 262 g/mol. The van der Waals surface area contributed by atoms with Gasteiger partial charge in [0, 0.05) is 37.6 Å². The predicted molar refractivity (Wildman–Crippen MR) is 79.3 cm³/mol. The third-order valence-corrected chi connectivity index (χ3v) is 3.07. The summed E-state index contributed by atoms with van der Waals surface area (Å²) in [4.78, 5) is 13.7. The Morgan fingerprint density at radius 1 is 1.26 bits per heavy atom. The average Bonchev–Trinajstić information content (AvgIpc) is 2.37. The van der Waals surface area contributed by atoms with Gasteiger partial charge in [0.1, 0.15) is 0 Å². The van der Waals surface area contributed by atoms with E-state index in [9.17, 15) is 4.79 Å². The van der Waals surface area contributed by atoms with Gasteiger partial charge in [0.15, 0.2) is 0 Å². The van der Waals surface area contributed by atoms with Crippen molar-refractivity contribution in [3.63, 3.8) is 0 Å². The van der Waals surface area contributed by atoms with Crippen LogP contribution in [0.1, 0.15) is 12.0 Å². The minimum absolute atomic E-state index is 0.0391. The van der Waals surface area contributed by atoms with Crippen molar-refractivity contribution in [3.8, 4) is 0 Å². The summed E-state index contributed by atoms with van der Waals surface area (Å²) >= 11 is 6.01. The Kier molecular flexibility index (Phi) is 7.48. The average molecular weight is 284 g/mol. The van der Waals surface area contributed by atoms with E-state index in [1.54, 1.807) is 0 Å². The zero-order valence-electron chi connectivity index (χ0n) is 11.6. The highest BCUT2D eigenvalue weighted by atomic mass is 35.5. The van der Waals surface area contributed by atoms with Crippen molar-refractivity contribution in [1.29, 1.82) is 0 Å². The smallest absolute Gasteiger partial charge is 0.221 e. The molecule has 5 heteroatoms. The molecule has 106 valence electrons. The van der Waals surface area contributed by atoms with Gasteiger partial charge in [-0.05, 0) is 25.7 Å². The summed E-state index contributed by atoms with van der Waals surface area (Å²) in [5.74, 6) is 0.0391. The number of rotatable bonds is 8. The Balaban J connectivity index is 2.13. The molecule has 1 amide bonds. The van der Waals surface area contributed by atoms with Crippen molar-refractivity contribution < 1.29 is 4.79 Å². The molecule has 0 aliphatic heterocycles. The van der Waals surface area contributed by atoms with E-state index < -0.39 is 0 Å². The normalized spacial score (nSPS) is 10.7. The largest absolute Gasteiger partial charge is 0.352 e. The second-order valence-electron chi connectivity index (χ2n) is 4.67. The maximum absolute atomic E-state index is 11.6. The predicted octanol–water partition coefficient (Wildman–Crippen LogP) is 1.50. The lowest BCUT2D eigenvalue weighted by Crippen LogP contribution is -2.31. The minimum Gasteiger partial charge on any atom is -0.352 e. The molecule has 0 unspecified atom stereocenters. The highest BCUT2D eigenvalue weighted by Gasteiger charge is 2.03. The van der Waals surface area contributed by atoms with Gasteiger partial charge in [-0.3, -0.25) is 4.79 Å². The SMILES string of the molecule is CN(C)CCNCCC(=O)NCc1ccccc1Cl. The number of halogens is 1. The Labute approximate surface area is 120 Å². The van der Waals surface area contributed by atoms with Crippen LogP contribution in [-0.2, 0) is 11.3 Å². The number of likely N-dealkylation sites (N-methyl/N-ethyl adjacent to an activating group) is 1. The fourth-order valence-electron chi connectivity index (χ4n) is 1.55. The van der Waals surface area contributed by atoms with Crippen LogP contribution < -0.4 is 10.6 Å². The monoisotopic (exact) mass is 283 g/mol. The van der Waals surface area contributed by atoms with Crippen LogP contribution >= 0.6 is 11.6 Å². The van der Waals surface area contributed by atoms with E-state index >= 15 is 0 Å². The first-order chi connectivity index (χ1) is 9.09. The van der Waals surface area contributed by atoms with Crippen LogP contribution in [0.25, 0.3) is 0 Å². The topological polar surface area (TPSA) is 44.4 Å². The van der Waals surface area contributed by atoms with Crippen molar-refractivity contribution in [2.24, 2.45) is 0 Å². The molecule has 0 spiro atoms. The highest BCUT2D eigenvalue weighted by molar-refractivity contribution is 6.31. The second-order valence-corrected chi connectivity index (χ2v) is 5.08. The Morgan fingerprint density at radius 3 is 2.68 bits per heavy atom. The molecule has 0 atom stereocenters. The number of amides is 1. The van der Waals surface area contributed by atoms with E-state index in [0.29, 0.717) is 24.5 Å². The van der Waals surface area contributed by atoms with Crippen molar-refractivity contribution in [1.82, 2.24) is 15.5 Å². The molecule has 19 heavy (non-hydrogen) atoms. The van der Waals surface area contributed by atoms with Gasteiger partial charge in [-0.2, -0.15) is 0 Å². The Bertz CT molecular complexity index is 396. The Hall–Kier alpha value is -1.10. The van der Waals surface area contributed by atoms with Gasteiger partial charge in [-0.25, -0.2) is 0 Å². The number of nitrogens with zero attached hydrogens (tertiary/aromatic N) is 1. The van der Waals surface area contributed by atoms with Gasteiger partial charge < -0.3 is 15.5 Å². The van der Waals surface area contributed by atoms with Crippen molar-refractivity contribution in [2.45, 2.75) is 13.0 Å². The summed E-state index contributed by atoms with van der Waals surface area (Å²) in [6.45, 7) is 3.05. The van der Waals surface area contributed by atoms with Crippen LogP contribution in [-0.4, -0.2) is 44.5 Å². The molecule has 4 nitrogen and oxygen atoms in total. The van der Waals surface area contributed by atoms with Crippen LogP contribution in [0.4, 0.5) is 0 Å². The van der Waals surface area contributed by atoms with E-state index in [4.69, 9.17) is 11.6 Å². The van der Waals surface area contributed by atoms with E-state index in [1.807, 2.05) is 38.4 Å². The van der Waals surface area contributed by atoms with Gasteiger partial charge >= 0.3 is 0 Å². The third kappa shape index (κ3) is 7.15. The van der Waals surface area contributed by atoms with Gasteiger partial charge in [-0.1, -0.05) is 29.8 Å². The lowest BCUT2D eigenvalue weighted by atomic mass is 10.2. The van der Waals surface area contributed by atoms with Gasteiger partial charge in [0.05, 0.1) is 0 Å². The summed E-state index contributed by atoms with van der Waals surface area (Å²) in [5, 5.41) is 6.78. The molecule has 0 aromatic heterocycles. The van der Waals surface area contributed by atoms with E-state index in [1.165, 1.54) is 0 Å². The van der Waals surface area contributed by atoms with Crippen LogP contribution in [0.5, 0.6) is 0 Å². The Morgan fingerprint density at radius 2 is 2.00 bits per heavy atom. The molecule has 1 aromatic carbocycles. The molecule has 1 aromatic rings. The molecule has 0 saturated carbocycles. The molecule has 0 bridgehead atoms. The maximum Gasteiger partial charge on any atom is 0.221 e. The van der Waals surface area contributed by atoms with Crippen LogP contribution in [0.3, 0.4) is 0 Å². The van der Waals surface area contributed by atoms with E-state index in [-0.39, 0.29) is 5.91 Å². The lowest BCUT2D eigenvalue weighted by molar-refractivity contribution is -0.121. The number of carbonyl (C=O) groups is 1. The molecule has 2 N–H and O–H groups in total. The fraction of sp³-hybridized carbons (Fsp3) is 0.500. The fourth-order valence-corrected chi connectivity index (χ4v) is 1.76. The standard InChI is InChI=1S/C14H22ClN3O/c1-18(2)10-9-16-8-7-14(19)17-11-12-5-3-4-6-13(12)15/h3-6,16H,7-11H2,1-2H3,(H,17,19). The van der Waals surface area contributed by atoms with Crippen LogP contribution in [0.2, 0.25) is 5.02 Å². The summed E-state index contributed by atoms with van der Waals surface area (Å²) in [6.07, 6.45) is 0.484. The summed E-state index contributed by atoms with van der Waals surface area (Å²) in [7, 11) is 4.05. The molecule has 0 radical (unpaired) electrons. The number of benzene rings is 1. The maximum atomic E-state index is 11.6. The van der Waals surface area contributed by atoms with Crippen molar-refractivity contribution >= 4 is 17.5 Å². The molecule has 0 heterocycles. The quantitative estimate of drug-likeness (QED) is 0.711. The number of nitrogens with one attached hydrogen (secondary N) is 2. The molecule has 1 rings (SSSR count). The first-order valence-corrected chi connectivity index (χ1v) is 6.83. The number of hydrogen-bond donors (Lipinski definition) is 2. The summed E-state index contributed by atoms with van der Waals surface area (Å²) in [5.41, 5.74) is 0.943. The van der Waals surface area contributed by atoms with E-state index in [2.05, 4.69) is 15.5 Å². The van der Waals surface area contributed by atoms with Crippen LogP contribution in [0.15, 0.2) is 24.3 Å². The number of carbonyl (C=O) groups excluding carboxylic acids is 1. The lowest BCUT2D eigenvalue weighted by Gasteiger charge is -2.10. The third-order valence-electron chi connectivity index (χ3n) is 2.70. The second kappa shape index (κ2) is 8.91. The molecule has 0 aliphatic carbocycles. The summed E-state index contributed by atoms with van der Waals surface area (Å²) in [6, 6.07) is 7.53. The van der Waals surface area contributed by atoms with Crippen molar-refractivity contribution in [2.75, 3.05) is 33.7 Å².